The Morgan fingerprint density at radius 3 is 3.18 bits per heavy atom. The van der Waals surface area contributed by atoms with Gasteiger partial charge in [0.15, 0.2) is 0 Å². The molecule has 1 aromatic rings. The molecule has 0 spiro atoms. The van der Waals surface area contributed by atoms with Crippen molar-refractivity contribution in [1.82, 2.24) is 9.78 Å². The van der Waals surface area contributed by atoms with Crippen molar-refractivity contribution in [1.29, 1.82) is 0 Å². The van der Waals surface area contributed by atoms with E-state index in [-0.39, 0.29) is 0 Å². The van der Waals surface area contributed by atoms with Crippen molar-refractivity contribution in [3.63, 3.8) is 0 Å². The predicted molar refractivity (Wildman–Crippen MR) is 49.3 cm³/mol. The minimum Gasteiger partial charge on any atom is -0.376 e. The molecule has 0 N–H and O–H groups in total. The van der Waals surface area contributed by atoms with Gasteiger partial charge in [-0.1, -0.05) is 0 Å². The normalized spacial score (nSPS) is 16.5. The number of rotatable bonds is 0. The fourth-order valence-corrected chi connectivity index (χ4v) is 2.16. The first-order valence-electron chi connectivity index (χ1n) is 3.57. The Bertz CT molecular complexity index is 256. The molecule has 0 fully saturated rings. The summed E-state index contributed by atoms with van der Waals surface area (Å²) in [5.74, 6) is 0. The van der Waals surface area contributed by atoms with Gasteiger partial charge in [-0.05, 0) is 22.6 Å². The number of fused-ring (bicyclic) bond motifs is 1. The molecular weight excluding hydrogens is 255 g/mol. The van der Waals surface area contributed by atoms with Crippen LogP contribution in [0.5, 0.6) is 0 Å². The average molecular weight is 264 g/mol. The van der Waals surface area contributed by atoms with E-state index >= 15 is 0 Å². The molecule has 0 aromatic carbocycles. The summed E-state index contributed by atoms with van der Waals surface area (Å²) in [4.78, 5) is 0. The van der Waals surface area contributed by atoms with Crippen molar-refractivity contribution in [2.45, 2.75) is 13.0 Å². The standard InChI is InChI=1S/C7H9IN2O/c1-10-6-2-3-11-4-5(6)7(8)9-10/h2-4H2,1H3. The third-order valence-electron chi connectivity index (χ3n) is 1.96. The predicted octanol–water partition coefficient (Wildman–Crippen LogP) is 1.10. The Kier molecular flexibility index (Phi) is 1.88. The molecule has 0 amide bonds. The molecular formula is C7H9IN2O. The molecule has 3 nitrogen and oxygen atoms in total. The van der Waals surface area contributed by atoms with Gasteiger partial charge in [0.05, 0.1) is 13.2 Å². The lowest BCUT2D eigenvalue weighted by Crippen LogP contribution is -2.11. The summed E-state index contributed by atoms with van der Waals surface area (Å²) in [7, 11) is 1.99. The van der Waals surface area contributed by atoms with Gasteiger partial charge in [0.25, 0.3) is 0 Å². The van der Waals surface area contributed by atoms with Crippen LogP contribution in [0, 0.1) is 3.70 Å². The third-order valence-corrected chi connectivity index (χ3v) is 2.82. The van der Waals surface area contributed by atoms with Crippen LogP contribution >= 0.6 is 22.6 Å². The minimum absolute atomic E-state index is 0.738. The lowest BCUT2D eigenvalue weighted by Gasteiger charge is -2.12. The van der Waals surface area contributed by atoms with Crippen LogP contribution < -0.4 is 0 Å². The van der Waals surface area contributed by atoms with Gasteiger partial charge in [-0.15, -0.1) is 0 Å². The maximum atomic E-state index is 5.33. The fraction of sp³-hybridized carbons (Fsp3) is 0.571. The summed E-state index contributed by atoms with van der Waals surface area (Å²) in [6.45, 7) is 1.57. The zero-order chi connectivity index (χ0) is 7.84. The largest absolute Gasteiger partial charge is 0.376 e. The van der Waals surface area contributed by atoms with E-state index in [1.807, 2.05) is 11.7 Å². The van der Waals surface area contributed by atoms with Gasteiger partial charge < -0.3 is 4.74 Å². The van der Waals surface area contributed by atoms with Gasteiger partial charge in [-0.2, -0.15) is 5.10 Å². The summed E-state index contributed by atoms with van der Waals surface area (Å²) in [6.07, 6.45) is 1.00. The number of nitrogens with zero attached hydrogens (tertiary/aromatic N) is 2. The highest BCUT2D eigenvalue weighted by Gasteiger charge is 2.17. The van der Waals surface area contributed by atoms with E-state index in [4.69, 9.17) is 4.74 Å². The first kappa shape index (κ1) is 7.54. The van der Waals surface area contributed by atoms with Gasteiger partial charge in [-0.25, -0.2) is 0 Å². The Morgan fingerprint density at radius 2 is 2.45 bits per heavy atom. The molecule has 2 rings (SSSR count). The quantitative estimate of drug-likeness (QED) is 0.656. The fourth-order valence-electron chi connectivity index (χ4n) is 1.37. The highest BCUT2D eigenvalue weighted by Crippen LogP contribution is 2.20. The van der Waals surface area contributed by atoms with Gasteiger partial charge in [0.1, 0.15) is 3.70 Å². The van der Waals surface area contributed by atoms with Crippen LogP contribution in [-0.4, -0.2) is 16.4 Å². The van der Waals surface area contributed by atoms with Crippen LogP contribution in [-0.2, 0) is 24.8 Å². The van der Waals surface area contributed by atoms with Crippen LogP contribution in [0.4, 0.5) is 0 Å². The van der Waals surface area contributed by atoms with Crippen LogP contribution in [0.15, 0.2) is 0 Å². The zero-order valence-corrected chi connectivity index (χ0v) is 8.46. The van der Waals surface area contributed by atoms with Crippen molar-refractivity contribution in [3.05, 3.63) is 15.0 Å². The van der Waals surface area contributed by atoms with E-state index < -0.39 is 0 Å². The van der Waals surface area contributed by atoms with Crippen LogP contribution in [0.1, 0.15) is 11.3 Å². The van der Waals surface area contributed by atoms with Crippen molar-refractivity contribution < 1.29 is 4.74 Å². The average Bonchev–Trinajstić information content (AvgIpc) is 2.30. The third kappa shape index (κ3) is 1.18. The van der Waals surface area contributed by atoms with Gasteiger partial charge in [0.2, 0.25) is 0 Å². The molecule has 1 aromatic heterocycles. The first-order chi connectivity index (χ1) is 5.29. The number of hydrogen-bond donors (Lipinski definition) is 0. The second-order valence-electron chi connectivity index (χ2n) is 2.64. The van der Waals surface area contributed by atoms with Gasteiger partial charge >= 0.3 is 0 Å². The summed E-state index contributed by atoms with van der Waals surface area (Å²) in [5, 5.41) is 4.32. The van der Waals surface area contributed by atoms with Crippen molar-refractivity contribution in [2.24, 2.45) is 7.05 Å². The zero-order valence-electron chi connectivity index (χ0n) is 6.30. The van der Waals surface area contributed by atoms with E-state index in [0.717, 1.165) is 23.3 Å². The van der Waals surface area contributed by atoms with Gasteiger partial charge in [0, 0.05) is 24.7 Å². The molecule has 60 valence electrons. The second-order valence-corrected chi connectivity index (χ2v) is 3.66. The Morgan fingerprint density at radius 1 is 1.64 bits per heavy atom. The maximum absolute atomic E-state index is 5.33. The summed E-state index contributed by atoms with van der Waals surface area (Å²) >= 11 is 2.25. The monoisotopic (exact) mass is 264 g/mol. The summed E-state index contributed by atoms with van der Waals surface area (Å²) < 4.78 is 8.37. The lowest BCUT2D eigenvalue weighted by atomic mass is 10.2. The number of halogens is 1. The molecule has 0 radical (unpaired) electrons. The number of aromatic nitrogens is 2. The van der Waals surface area contributed by atoms with Crippen molar-refractivity contribution >= 4 is 22.6 Å². The highest BCUT2D eigenvalue weighted by molar-refractivity contribution is 14.1. The molecule has 4 heteroatoms. The Labute approximate surface area is 78.9 Å². The van der Waals surface area contributed by atoms with Crippen molar-refractivity contribution in [3.8, 4) is 0 Å². The highest BCUT2D eigenvalue weighted by atomic mass is 127. The molecule has 0 saturated heterocycles. The topological polar surface area (TPSA) is 27.1 Å². The van der Waals surface area contributed by atoms with Gasteiger partial charge in [-0.3, -0.25) is 4.68 Å². The first-order valence-corrected chi connectivity index (χ1v) is 4.65. The van der Waals surface area contributed by atoms with E-state index in [9.17, 15) is 0 Å². The summed E-state index contributed by atoms with van der Waals surface area (Å²) in [6, 6.07) is 0. The van der Waals surface area contributed by atoms with Crippen LogP contribution in [0.25, 0.3) is 0 Å². The molecule has 0 aliphatic carbocycles. The molecule has 11 heavy (non-hydrogen) atoms. The van der Waals surface area contributed by atoms with E-state index in [1.165, 1.54) is 11.3 Å². The molecule has 2 heterocycles. The Balaban J connectivity index is 2.52. The lowest BCUT2D eigenvalue weighted by molar-refractivity contribution is 0.108. The van der Waals surface area contributed by atoms with E-state index in [1.54, 1.807) is 0 Å². The maximum Gasteiger partial charge on any atom is 0.129 e. The molecule has 0 atom stereocenters. The molecule has 0 saturated carbocycles. The van der Waals surface area contributed by atoms with Crippen molar-refractivity contribution in [2.75, 3.05) is 6.61 Å². The molecule has 0 unspecified atom stereocenters. The van der Waals surface area contributed by atoms with E-state index in [2.05, 4.69) is 27.7 Å². The number of hydrogen-bond acceptors (Lipinski definition) is 2. The number of ether oxygens (including phenoxy) is 1. The van der Waals surface area contributed by atoms with Crippen LogP contribution in [0.2, 0.25) is 0 Å². The molecule has 0 bridgehead atoms. The SMILES string of the molecule is Cn1nc(I)c2c1CCOC2. The smallest absolute Gasteiger partial charge is 0.129 e. The molecule has 1 aliphatic heterocycles. The van der Waals surface area contributed by atoms with E-state index in [0.29, 0.717) is 0 Å². The second kappa shape index (κ2) is 2.75. The van der Waals surface area contributed by atoms with Crippen LogP contribution in [0.3, 0.4) is 0 Å². The molecule has 1 aliphatic rings. The summed E-state index contributed by atoms with van der Waals surface area (Å²) in [5.41, 5.74) is 2.61. The number of aryl methyl sites for hydroxylation is 1. The minimum atomic E-state index is 0.738. The Hall–Kier alpha value is -0.100.